The molecule has 1 amide bonds. The van der Waals surface area contributed by atoms with E-state index in [0.29, 0.717) is 25.9 Å². The number of hydrogen-bond acceptors (Lipinski definition) is 6. The van der Waals surface area contributed by atoms with Crippen LogP contribution < -0.4 is 5.32 Å². The van der Waals surface area contributed by atoms with Gasteiger partial charge in [-0.25, -0.2) is 0 Å². The average Bonchev–Trinajstić information content (AvgIpc) is 3.13. The van der Waals surface area contributed by atoms with Gasteiger partial charge in [-0.05, 0) is 45.0 Å². The maximum atomic E-state index is 13.2. The molecule has 0 bridgehead atoms. The van der Waals surface area contributed by atoms with E-state index in [9.17, 15) is 4.79 Å². The zero-order chi connectivity index (χ0) is 18.1. The van der Waals surface area contributed by atoms with Gasteiger partial charge in [0.25, 0.3) is 5.91 Å². The van der Waals surface area contributed by atoms with E-state index in [1.165, 1.54) is 0 Å². The Bertz CT molecular complexity index is 790. The minimum atomic E-state index is -0.725. The molecule has 2 aromatic heterocycles. The highest BCUT2D eigenvalue weighted by atomic mass is 35.5. The summed E-state index contributed by atoms with van der Waals surface area (Å²) in [6.45, 7) is 4.73. The summed E-state index contributed by atoms with van der Waals surface area (Å²) in [6.07, 6.45) is 3.14. The van der Waals surface area contributed by atoms with Gasteiger partial charge in [0.05, 0.1) is 12.6 Å². The van der Waals surface area contributed by atoms with E-state index in [1.54, 1.807) is 13.3 Å². The average molecular weight is 393 g/mol. The topological polar surface area (TPSA) is 85.2 Å². The predicted octanol–water partition coefficient (Wildman–Crippen LogP) is 1.43. The van der Waals surface area contributed by atoms with Gasteiger partial charge in [0.2, 0.25) is 0 Å². The summed E-state index contributed by atoms with van der Waals surface area (Å²) < 4.78 is 7.80. The number of nitrogens with one attached hydrogen (secondary N) is 1. The molecule has 0 radical (unpaired) electrons. The molecule has 1 fully saturated rings. The van der Waals surface area contributed by atoms with Gasteiger partial charge in [-0.2, -0.15) is 0 Å². The van der Waals surface area contributed by atoms with Crippen LogP contribution in [0.25, 0.3) is 11.5 Å². The van der Waals surface area contributed by atoms with E-state index in [-0.39, 0.29) is 24.4 Å². The van der Waals surface area contributed by atoms with Crippen LogP contribution in [0.1, 0.15) is 31.6 Å². The molecule has 146 valence electrons. The number of hydrogen-bond donors (Lipinski definition) is 1. The highest BCUT2D eigenvalue weighted by Gasteiger charge is 2.44. The van der Waals surface area contributed by atoms with Crippen LogP contribution in [0.3, 0.4) is 0 Å². The van der Waals surface area contributed by atoms with E-state index < -0.39 is 5.60 Å². The van der Waals surface area contributed by atoms with Crippen LogP contribution in [-0.4, -0.2) is 62.9 Å². The van der Waals surface area contributed by atoms with E-state index >= 15 is 0 Å². The fourth-order valence-corrected chi connectivity index (χ4v) is 3.98. The molecule has 9 heteroatoms. The summed E-state index contributed by atoms with van der Waals surface area (Å²) in [7, 11) is 1.64. The van der Waals surface area contributed by atoms with Gasteiger partial charge in [0, 0.05) is 19.9 Å². The molecular weight excluding hydrogens is 368 g/mol. The van der Waals surface area contributed by atoms with Crippen molar-refractivity contribution in [3.63, 3.8) is 0 Å². The Balaban J connectivity index is 0.00000210. The second-order valence-corrected chi connectivity index (χ2v) is 7.01. The molecule has 0 aliphatic carbocycles. The third-order valence-electron chi connectivity index (χ3n) is 5.40. The predicted molar refractivity (Wildman–Crippen MR) is 102 cm³/mol. The monoisotopic (exact) mass is 392 g/mol. The smallest absolute Gasteiger partial charge is 0.255 e. The van der Waals surface area contributed by atoms with E-state index in [2.05, 4.69) is 32.0 Å². The fourth-order valence-electron chi connectivity index (χ4n) is 3.98. The van der Waals surface area contributed by atoms with Gasteiger partial charge in [-0.15, -0.1) is 22.6 Å². The summed E-state index contributed by atoms with van der Waals surface area (Å²) in [5.74, 6) is 1.60. The lowest BCUT2D eigenvalue weighted by atomic mass is 9.90. The molecule has 0 unspecified atom stereocenters. The number of carbonyl (C=O) groups is 1. The first kappa shape index (κ1) is 19.7. The molecule has 2 aliphatic rings. The molecule has 2 aliphatic heterocycles. The Hall–Kier alpha value is -2.03. The van der Waals surface area contributed by atoms with Crippen molar-refractivity contribution in [2.24, 2.45) is 0 Å². The Morgan fingerprint density at radius 3 is 2.74 bits per heavy atom. The minimum Gasteiger partial charge on any atom is -0.368 e. The SMILES string of the molecule is COC1(C(=O)N2Cc3nnc(-c4ccccn4)n3[C@@H](C)C2)CCNCC1.Cl. The molecule has 4 heterocycles. The molecule has 1 atom stereocenters. The van der Waals surface area contributed by atoms with Crippen molar-refractivity contribution in [2.75, 3.05) is 26.7 Å². The fraction of sp³-hybridized carbons (Fsp3) is 0.556. The molecule has 8 nitrogen and oxygen atoms in total. The number of halogens is 1. The second-order valence-electron chi connectivity index (χ2n) is 7.01. The lowest BCUT2D eigenvalue weighted by Crippen LogP contribution is -2.56. The van der Waals surface area contributed by atoms with Gasteiger partial charge in [-0.1, -0.05) is 6.07 Å². The van der Waals surface area contributed by atoms with E-state index in [4.69, 9.17) is 4.74 Å². The zero-order valence-corrected chi connectivity index (χ0v) is 16.4. The summed E-state index contributed by atoms with van der Waals surface area (Å²) in [5.41, 5.74) is 0.0707. The molecule has 27 heavy (non-hydrogen) atoms. The Morgan fingerprint density at radius 2 is 2.07 bits per heavy atom. The van der Waals surface area contributed by atoms with Crippen LogP contribution in [0.5, 0.6) is 0 Å². The van der Waals surface area contributed by atoms with Crippen LogP contribution in [0, 0.1) is 0 Å². The molecule has 4 rings (SSSR count). The molecular formula is C18H25ClN6O2. The molecule has 0 spiro atoms. The Kier molecular flexibility index (Phi) is 5.78. The van der Waals surface area contributed by atoms with Gasteiger partial charge in [0.15, 0.2) is 11.6 Å². The Morgan fingerprint density at radius 1 is 1.30 bits per heavy atom. The molecule has 0 aromatic carbocycles. The number of carbonyl (C=O) groups excluding carboxylic acids is 1. The number of rotatable bonds is 3. The summed E-state index contributed by atoms with van der Waals surface area (Å²) in [4.78, 5) is 19.5. The van der Waals surface area contributed by atoms with Crippen molar-refractivity contribution in [2.45, 2.75) is 38.0 Å². The highest BCUT2D eigenvalue weighted by molar-refractivity contribution is 5.86. The molecule has 2 aromatic rings. The number of pyridine rings is 1. The van der Waals surface area contributed by atoms with Crippen molar-refractivity contribution in [3.8, 4) is 11.5 Å². The van der Waals surface area contributed by atoms with Crippen molar-refractivity contribution < 1.29 is 9.53 Å². The van der Waals surface area contributed by atoms with Crippen LogP contribution in [0.2, 0.25) is 0 Å². The number of aromatic nitrogens is 4. The number of methoxy groups -OCH3 is 1. The highest BCUT2D eigenvalue weighted by Crippen LogP contribution is 2.31. The zero-order valence-electron chi connectivity index (χ0n) is 15.6. The van der Waals surface area contributed by atoms with Crippen LogP contribution in [0.15, 0.2) is 24.4 Å². The summed E-state index contributed by atoms with van der Waals surface area (Å²) in [5, 5.41) is 12.0. The first-order valence-corrected chi connectivity index (χ1v) is 9.05. The number of piperidine rings is 1. The van der Waals surface area contributed by atoms with Crippen LogP contribution in [-0.2, 0) is 16.1 Å². The quantitative estimate of drug-likeness (QED) is 0.850. The van der Waals surface area contributed by atoms with E-state index in [0.717, 1.165) is 30.4 Å². The van der Waals surface area contributed by atoms with Gasteiger partial charge in [0.1, 0.15) is 11.3 Å². The van der Waals surface area contributed by atoms with Crippen LogP contribution >= 0.6 is 12.4 Å². The maximum Gasteiger partial charge on any atom is 0.255 e. The van der Waals surface area contributed by atoms with Crippen LogP contribution in [0.4, 0.5) is 0 Å². The maximum absolute atomic E-state index is 13.2. The molecule has 0 saturated carbocycles. The second kappa shape index (κ2) is 7.92. The van der Waals surface area contributed by atoms with Gasteiger partial charge in [-0.3, -0.25) is 9.78 Å². The number of nitrogens with zero attached hydrogens (tertiary/aromatic N) is 5. The number of fused-ring (bicyclic) bond motifs is 1. The largest absolute Gasteiger partial charge is 0.368 e. The lowest BCUT2D eigenvalue weighted by molar-refractivity contribution is -0.160. The normalized spacial score (nSPS) is 21.3. The molecule has 1 N–H and O–H groups in total. The third-order valence-corrected chi connectivity index (χ3v) is 5.40. The molecule has 1 saturated heterocycles. The minimum absolute atomic E-state index is 0. The van der Waals surface area contributed by atoms with Crippen molar-refractivity contribution in [1.29, 1.82) is 0 Å². The Labute approximate surface area is 164 Å². The summed E-state index contributed by atoms with van der Waals surface area (Å²) in [6, 6.07) is 5.82. The van der Waals surface area contributed by atoms with Gasteiger partial charge < -0.3 is 19.5 Å². The van der Waals surface area contributed by atoms with Crippen molar-refractivity contribution in [1.82, 2.24) is 30.0 Å². The van der Waals surface area contributed by atoms with E-state index in [1.807, 2.05) is 23.1 Å². The van der Waals surface area contributed by atoms with Crippen molar-refractivity contribution in [3.05, 3.63) is 30.2 Å². The first-order valence-electron chi connectivity index (χ1n) is 9.05. The first-order chi connectivity index (χ1) is 12.6. The van der Waals surface area contributed by atoms with Crippen molar-refractivity contribution >= 4 is 18.3 Å². The number of amides is 1. The lowest BCUT2D eigenvalue weighted by Gasteiger charge is -2.41. The van der Waals surface area contributed by atoms with Gasteiger partial charge >= 0.3 is 0 Å². The standard InChI is InChI=1S/C18H24N6O2.ClH/c1-13-11-23(17(25)18(26-2)6-9-19-10-7-18)12-15-21-22-16(24(13)15)14-5-3-4-8-20-14;/h3-5,8,13,19H,6-7,9-12H2,1-2H3;1H/t13-;/m0./s1. The summed E-state index contributed by atoms with van der Waals surface area (Å²) >= 11 is 0. The number of ether oxygens (including phenoxy) is 1. The third kappa shape index (κ3) is 3.44.